The normalized spacial score (nSPS) is 12.5. The van der Waals surface area contributed by atoms with Gasteiger partial charge >= 0.3 is 5.97 Å². The summed E-state index contributed by atoms with van der Waals surface area (Å²) >= 11 is 0. The number of rotatable bonds is 9. The van der Waals surface area contributed by atoms with E-state index in [1.807, 2.05) is 0 Å². The SMILES string of the molecule is O=C(On1c(O)ccc1O)C(CCSSc1ccc([N+](=O)[O-])cn1)S(=O)(=O)O. The van der Waals surface area contributed by atoms with E-state index in [1.54, 1.807) is 0 Å². The molecule has 0 aliphatic rings. The number of pyridine rings is 1. The van der Waals surface area contributed by atoms with E-state index in [1.165, 1.54) is 12.1 Å². The highest BCUT2D eigenvalue weighted by Crippen LogP contribution is 2.31. The van der Waals surface area contributed by atoms with Crippen molar-refractivity contribution >= 4 is 43.4 Å². The van der Waals surface area contributed by atoms with Gasteiger partial charge in [-0.25, -0.2) is 9.78 Å². The maximum atomic E-state index is 12.0. The van der Waals surface area contributed by atoms with Crippen LogP contribution >= 0.6 is 21.6 Å². The summed E-state index contributed by atoms with van der Waals surface area (Å²) < 4.78 is 32.5. The average Bonchev–Trinajstić information content (AvgIpc) is 2.92. The zero-order valence-corrected chi connectivity index (χ0v) is 16.2. The fourth-order valence-corrected chi connectivity index (χ4v) is 4.62. The van der Waals surface area contributed by atoms with Crippen molar-refractivity contribution in [2.24, 2.45) is 0 Å². The van der Waals surface area contributed by atoms with Crippen LogP contribution in [0.4, 0.5) is 5.69 Å². The van der Waals surface area contributed by atoms with Crippen LogP contribution in [0.1, 0.15) is 6.42 Å². The predicted octanol–water partition coefficient (Wildman–Crippen LogP) is 1.24. The van der Waals surface area contributed by atoms with E-state index < -0.39 is 38.0 Å². The molecule has 1 unspecified atom stereocenters. The molecule has 0 aromatic carbocycles. The predicted molar refractivity (Wildman–Crippen MR) is 98.5 cm³/mol. The van der Waals surface area contributed by atoms with Gasteiger partial charge in [-0.15, -0.1) is 4.73 Å². The number of hydrogen-bond donors (Lipinski definition) is 3. The molecular formula is C13H13N3O9S3. The molecule has 0 radical (unpaired) electrons. The highest BCUT2D eigenvalue weighted by atomic mass is 33.1. The molecule has 0 fully saturated rings. The Labute approximate surface area is 165 Å². The van der Waals surface area contributed by atoms with Gasteiger partial charge in [-0.2, -0.15) is 8.42 Å². The number of carbonyl (C=O) groups is 1. The van der Waals surface area contributed by atoms with Crippen molar-refractivity contribution in [2.75, 3.05) is 5.75 Å². The van der Waals surface area contributed by atoms with Crippen LogP contribution in [0.3, 0.4) is 0 Å². The molecule has 152 valence electrons. The van der Waals surface area contributed by atoms with Crippen molar-refractivity contribution < 1.29 is 37.7 Å². The molecule has 15 heteroatoms. The molecular weight excluding hydrogens is 438 g/mol. The number of carbonyl (C=O) groups excluding carboxylic acids is 1. The number of nitro groups is 1. The molecule has 0 spiro atoms. The van der Waals surface area contributed by atoms with Gasteiger partial charge in [-0.05, 0) is 23.3 Å². The second-order valence-electron chi connectivity index (χ2n) is 5.06. The lowest BCUT2D eigenvalue weighted by molar-refractivity contribution is -0.385. The highest BCUT2D eigenvalue weighted by Gasteiger charge is 2.34. The summed E-state index contributed by atoms with van der Waals surface area (Å²) in [6.45, 7) is 0. The van der Waals surface area contributed by atoms with Crippen molar-refractivity contribution in [2.45, 2.75) is 16.7 Å². The Morgan fingerprint density at radius 2 is 1.93 bits per heavy atom. The van der Waals surface area contributed by atoms with Crippen LogP contribution in [0.5, 0.6) is 11.8 Å². The van der Waals surface area contributed by atoms with E-state index in [-0.39, 0.29) is 17.9 Å². The Balaban J connectivity index is 1.93. The minimum absolute atomic E-state index is 0.0620. The van der Waals surface area contributed by atoms with Gasteiger partial charge in [-0.3, -0.25) is 14.7 Å². The fourth-order valence-electron chi connectivity index (χ4n) is 1.82. The van der Waals surface area contributed by atoms with Crippen LogP contribution < -0.4 is 4.84 Å². The molecule has 0 amide bonds. The third-order valence-corrected chi connectivity index (χ3v) is 6.59. The molecule has 2 aromatic heterocycles. The van der Waals surface area contributed by atoms with Gasteiger partial charge in [0, 0.05) is 24.0 Å². The second kappa shape index (κ2) is 9.13. The fraction of sp³-hybridized carbons (Fsp3) is 0.231. The van der Waals surface area contributed by atoms with Crippen molar-refractivity contribution in [1.82, 2.24) is 9.71 Å². The number of hydrogen-bond acceptors (Lipinski definition) is 11. The molecule has 2 heterocycles. The molecule has 3 N–H and O–H groups in total. The first-order valence-electron chi connectivity index (χ1n) is 7.27. The topological polar surface area (TPSA) is 182 Å². The van der Waals surface area contributed by atoms with Crippen molar-refractivity contribution in [1.29, 1.82) is 0 Å². The van der Waals surface area contributed by atoms with Gasteiger partial charge in [0.25, 0.3) is 15.8 Å². The van der Waals surface area contributed by atoms with Crippen molar-refractivity contribution in [3.8, 4) is 11.8 Å². The first-order chi connectivity index (χ1) is 13.1. The first kappa shape index (κ1) is 21.8. The lowest BCUT2D eigenvalue weighted by atomic mass is 10.3. The third kappa shape index (κ3) is 5.75. The van der Waals surface area contributed by atoms with E-state index >= 15 is 0 Å². The van der Waals surface area contributed by atoms with Crippen molar-refractivity contribution in [3.63, 3.8) is 0 Å². The molecule has 0 aliphatic carbocycles. The molecule has 12 nitrogen and oxygen atoms in total. The summed E-state index contributed by atoms with van der Waals surface area (Å²) in [6.07, 6.45) is 0.725. The highest BCUT2D eigenvalue weighted by molar-refractivity contribution is 8.76. The third-order valence-electron chi connectivity index (χ3n) is 3.14. The number of nitrogens with zero attached hydrogens (tertiary/aromatic N) is 3. The zero-order chi connectivity index (χ0) is 20.9. The van der Waals surface area contributed by atoms with Gasteiger partial charge < -0.3 is 15.1 Å². The van der Waals surface area contributed by atoms with Crippen LogP contribution in [0.25, 0.3) is 0 Å². The van der Waals surface area contributed by atoms with Crippen LogP contribution in [-0.4, -0.2) is 54.8 Å². The van der Waals surface area contributed by atoms with E-state index in [2.05, 4.69) is 9.82 Å². The van der Waals surface area contributed by atoms with E-state index in [0.717, 1.165) is 39.9 Å². The molecule has 0 bridgehead atoms. The van der Waals surface area contributed by atoms with Crippen LogP contribution in [0.15, 0.2) is 35.5 Å². The Kier molecular flexibility index (Phi) is 7.11. The Bertz CT molecular complexity index is 940. The number of aromatic hydroxyl groups is 2. The Hall–Kier alpha value is -2.49. The molecule has 0 saturated heterocycles. The van der Waals surface area contributed by atoms with Crippen LogP contribution in [-0.2, 0) is 14.9 Å². The summed E-state index contributed by atoms with van der Waals surface area (Å²) in [5, 5.41) is 27.9. The summed E-state index contributed by atoms with van der Waals surface area (Å²) in [4.78, 5) is 30.4. The largest absolute Gasteiger partial charge is 0.492 e. The molecule has 2 aromatic rings. The van der Waals surface area contributed by atoms with Gasteiger partial charge in [0.05, 0.1) is 4.92 Å². The maximum Gasteiger partial charge on any atom is 0.353 e. The Morgan fingerprint density at radius 1 is 1.29 bits per heavy atom. The minimum Gasteiger partial charge on any atom is -0.492 e. The lowest BCUT2D eigenvalue weighted by Gasteiger charge is -2.13. The molecule has 2 rings (SSSR count). The molecule has 1 atom stereocenters. The maximum absolute atomic E-state index is 12.0. The monoisotopic (exact) mass is 451 g/mol. The molecule has 28 heavy (non-hydrogen) atoms. The minimum atomic E-state index is -4.82. The summed E-state index contributed by atoms with van der Waals surface area (Å²) in [6, 6.07) is 4.68. The molecule has 0 aliphatic heterocycles. The van der Waals surface area contributed by atoms with E-state index in [9.17, 15) is 38.1 Å². The van der Waals surface area contributed by atoms with Gasteiger partial charge in [0.15, 0.2) is 5.25 Å². The van der Waals surface area contributed by atoms with Gasteiger partial charge in [-0.1, -0.05) is 10.8 Å². The molecule has 0 saturated carbocycles. The van der Waals surface area contributed by atoms with Gasteiger partial charge in [0.2, 0.25) is 11.8 Å². The van der Waals surface area contributed by atoms with Gasteiger partial charge in [0.1, 0.15) is 11.2 Å². The average molecular weight is 451 g/mol. The zero-order valence-electron chi connectivity index (χ0n) is 13.7. The van der Waals surface area contributed by atoms with Crippen LogP contribution in [0.2, 0.25) is 0 Å². The van der Waals surface area contributed by atoms with E-state index in [0.29, 0.717) is 9.76 Å². The standard InChI is InChI=1S/C13H13N3O9S3/c17-11-3-4-12(18)15(11)25-13(19)9(28(22,23)24)5-6-26-27-10-2-1-8(7-14-10)16(20)21/h1-4,7,9,17-18H,5-6H2,(H,22,23,24). The smallest absolute Gasteiger partial charge is 0.353 e. The first-order valence-corrected chi connectivity index (χ1v) is 11.1. The van der Waals surface area contributed by atoms with E-state index in [4.69, 9.17) is 0 Å². The number of aromatic nitrogens is 2. The summed E-state index contributed by atoms with van der Waals surface area (Å²) in [5.74, 6) is -2.63. The lowest BCUT2D eigenvalue weighted by Crippen LogP contribution is -2.37. The quantitative estimate of drug-likeness (QED) is 0.163. The van der Waals surface area contributed by atoms with Crippen LogP contribution in [0, 0.1) is 10.1 Å². The second-order valence-corrected chi connectivity index (χ2v) is 9.10. The summed E-state index contributed by atoms with van der Waals surface area (Å²) in [7, 11) is -2.64. The Morgan fingerprint density at radius 3 is 2.43 bits per heavy atom. The summed E-state index contributed by atoms with van der Waals surface area (Å²) in [5.41, 5.74) is -0.181. The van der Waals surface area contributed by atoms with Crippen molar-refractivity contribution in [3.05, 3.63) is 40.6 Å².